The lowest BCUT2D eigenvalue weighted by Gasteiger charge is -2.51. The maximum atomic E-state index is 6.75. The van der Waals surface area contributed by atoms with Crippen molar-refractivity contribution >= 4 is 0 Å². The summed E-state index contributed by atoms with van der Waals surface area (Å²) in [5.74, 6) is 5.09. The Morgan fingerprint density at radius 2 is 1.79 bits per heavy atom. The van der Waals surface area contributed by atoms with Gasteiger partial charge >= 0.3 is 0 Å². The van der Waals surface area contributed by atoms with E-state index in [-0.39, 0.29) is 5.79 Å². The first kappa shape index (κ1) is 17.3. The molecule has 0 amide bonds. The standard InChI is InChI=1S/C22H38O2/c1-13(2)17-8-9-21(6)18(15(17)4)11-19-20(21)16(5)22(24-19)10-7-14(3)12-23-22/h13-20H,7-12H2,1-6H3/t14-,15-,16?,17?,18?,19?,20?,21+,22-/m1/s1. The SMILES string of the molecule is CC(C)C1CC[C@]2(C)C3C(CC2[C@@H]1C)O[C@]1(CC[C@@H](C)CO1)C3C. The molecule has 2 nitrogen and oxygen atoms in total. The van der Waals surface area contributed by atoms with Gasteiger partial charge in [-0.2, -0.15) is 0 Å². The molecule has 2 saturated heterocycles. The summed E-state index contributed by atoms with van der Waals surface area (Å²) in [7, 11) is 0. The first-order valence-electron chi connectivity index (χ1n) is 10.6. The third-order valence-corrected chi connectivity index (χ3v) is 8.86. The van der Waals surface area contributed by atoms with E-state index in [1.807, 2.05) is 0 Å². The highest BCUT2D eigenvalue weighted by Gasteiger charge is 2.66. The molecule has 2 heterocycles. The Balaban J connectivity index is 1.58. The molecule has 2 saturated carbocycles. The molecule has 9 atom stereocenters. The molecule has 4 rings (SSSR count). The zero-order valence-corrected chi connectivity index (χ0v) is 16.7. The predicted molar refractivity (Wildman–Crippen MR) is 97.5 cm³/mol. The average Bonchev–Trinajstić information content (AvgIpc) is 2.96. The van der Waals surface area contributed by atoms with E-state index in [1.54, 1.807) is 0 Å². The Hall–Kier alpha value is -0.0800. The molecular weight excluding hydrogens is 296 g/mol. The third-order valence-electron chi connectivity index (χ3n) is 8.86. The van der Waals surface area contributed by atoms with Crippen LogP contribution >= 0.6 is 0 Å². The summed E-state index contributed by atoms with van der Waals surface area (Å²) in [6.07, 6.45) is 6.88. The molecule has 0 aromatic rings. The zero-order valence-electron chi connectivity index (χ0n) is 16.7. The van der Waals surface area contributed by atoms with E-state index in [0.717, 1.165) is 36.7 Å². The van der Waals surface area contributed by atoms with Gasteiger partial charge in [0.05, 0.1) is 12.7 Å². The molecule has 5 unspecified atom stereocenters. The van der Waals surface area contributed by atoms with Gasteiger partial charge in [0.2, 0.25) is 0 Å². The molecule has 0 aromatic carbocycles. The van der Waals surface area contributed by atoms with Crippen LogP contribution < -0.4 is 0 Å². The molecule has 1 spiro atoms. The van der Waals surface area contributed by atoms with Gasteiger partial charge in [-0.05, 0) is 66.6 Å². The van der Waals surface area contributed by atoms with Crippen molar-refractivity contribution in [3.63, 3.8) is 0 Å². The summed E-state index contributed by atoms with van der Waals surface area (Å²) >= 11 is 0. The van der Waals surface area contributed by atoms with Crippen LogP contribution in [0.1, 0.15) is 73.6 Å². The molecule has 2 aliphatic heterocycles. The number of hydrogen-bond donors (Lipinski definition) is 0. The van der Waals surface area contributed by atoms with Gasteiger partial charge in [0, 0.05) is 12.3 Å². The summed E-state index contributed by atoms with van der Waals surface area (Å²) in [4.78, 5) is 0. The van der Waals surface area contributed by atoms with E-state index in [1.165, 1.54) is 25.7 Å². The normalized spacial score (nSPS) is 57.4. The van der Waals surface area contributed by atoms with E-state index in [2.05, 4.69) is 41.5 Å². The van der Waals surface area contributed by atoms with E-state index < -0.39 is 0 Å². The van der Waals surface area contributed by atoms with Gasteiger partial charge in [-0.1, -0.05) is 41.5 Å². The lowest BCUT2D eigenvalue weighted by molar-refractivity contribution is -0.272. The molecule has 2 aliphatic carbocycles. The molecule has 24 heavy (non-hydrogen) atoms. The fraction of sp³-hybridized carbons (Fsp3) is 1.00. The monoisotopic (exact) mass is 334 g/mol. The van der Waals surface area contributed by atoms with Crippen LogP contribution in [0, 0.1) is 46.8 Å². The minimum absolute atomic E-state index is 0.256. The van der Waals surface area contributed by atoms with E-state index in [4.69, 9.17) is 9.47 Å². The van der Waals surface area contributed by atoms with Crippen molar-refractivity contribution in [1.29, 1.82) is 0 Å². The van der Waals surface area contributed by atoms with Crippen LogP contribution in [0.25, 0.3) is 0 Å². The van der Waals surface area contributed by atoms with Gasteiger partial charge in [0.15, 0.2) is 5.79 Å². The molecule has 0 bridgehead atoms. The van der Waals surface area contributed by atoms with Crippen molar-refractivity contribution in [3.8, 4) is 0 Å². The van der Waals surface area contributed by atoms with E-state index >= 15 is 0 Å². The van der Waals surface area contributed by atoms with Crippen molar-refractivity contribution in [2.24, 2.45) is 46.8 Å². The van der Waals surface area contributed by atoms with Gasteiger partial charge < -0.3 is 9.47 Å². The Kier molecular flexibility index (Phi) is 4.12. The summed E-state index contributed by atoms with van der Waals surface area (Å²) in [6.45, 7) is 15.6. The van der Waals surface area contributed by atoms with Crippen LogP contribution in [-0.4, -0.2) is 18.5 Å². The van der Waals surface area contributed by atoms with Crippen LogP contribution in [0.4, 0.5) is 0 Å². The first-order chi connectivity index (χ1) is 11.3. The molecule has 0 radical (unpaired) electrons. The second-order valence-corrected chi connectivity index (χ2v) is 10.4. The Bertz CT molecular complexity index is 478. The minimum Gasteiger partial charge on any atom is -0.349 e. The topological polar surface area (TPSA) is 18.5 Å². The van der Waals surface area contributed by atoms with Gasteiger partial charge in [-0.3, -0.25) is 0 Å². The maximum Gasteiger partial charge on any atom is 0.171 e. The van der Waals surface area contributed by atoms with Crippen LogP contribution in [0.3, 0.4) is 0 Å². The third kappa shape index (κ3) is 2.28. The summed E-state index contributed by atoms with van der Waals surface area (Å²) in [5, 5.41) is 0. The van der Waals surface area contributed by atoms with E-state index in [9.17, 15) is 0 Å². The molecular formula is C22H38O2. The Labute approximate surface area is 149 Å². The van der Waals surface area contributed by atoms with E-state index in [0.29, 0.717) is 29.3 Å². The van der Waals surface area contributed by atoms with Crippen molar-refractivity contribution in [3.05, 3.63) is 0 Å². The average molecular weight is 335 g/mol. The fourth-order valence-electron chi connectivity index (χ4n) is 7.47. The number of hydrogen-bond acceptors (Lipinski definition) is 2. The van der Waals surface area contributed by atoms with Crippen molar-refractivity contribution in [2.45, 2.75) is 85.5 Å². The smallest absolute Gasteiger partial charge is 0.171 e. The molecule has 138 valence electrons. The highest BCUT2D eigenvalue weighted by atomic mass is 16.7. The van der Waals surface area contributed by atoms with Gasteiger partial charge in [0.1, 0.15) is 0 Å². The lowest BCUT2D eigenvalue weighted by Crippen LogP contribution is -2.48. The number of fused-ring (bicyclic) bond motifs is 3. The second-order valence-electron chi connectivity index (χ2n) is 10.4. The first-order valence-corrected chi connectivity index (χ1v) is 10.6. The predicted octanol–water partition coefficient (Wildman–Crippen LogP) is 5.51. The molecule has 0 aromatic heterocycles. The van der Waals surface area contributed by atoms with Gasteiger partial charge in [-0.25, -0.2) is 0 Å². The Morgan fingerprint density at radius 1 is 1.04 bits per heavy atom. The summed E-state index contributed by atoms with van der Waals surface area (Å²) in [6, 6.07) is 0. The summed E-state index contributed by atoms with van der Waals surface area (Å²) in [5.41, 5.74) is 0.463. The van der Waals surface area contributed by atoms with Crippen LogP contribution in [0.5, 0.6) is 0 Å². The van der Waals surface area contributed by atoms with Crippen LogP contribution in [-0.2, 0) is 9.47 Å². The highest BCUT2D eigenvalue weighted by Crippen LogP contribution is 2.67. The van der Waals surface area contributed by atoms with Crippen LogP contribution in [0.15, 0.2) is 0 Å². The minimum atomic E-state index is -0.256. The summed E-state index contributed by atoms with van der Waals surface area (Å²) < 4.78 is 13.1. The van der Waals surface area contributed by atoms with Gasteiger partial charge in [0.25, 0.3) is 0 Å². The Morgan fingerprint density at radius 3 is 2.42 bits per heavy atom. The largest absolute Gasteiger partial charge is 0.349 e. The lowest BCUT2D eigenvalue weighted by atomic mass is 9.55. The van der Waals surface area contributed by atoms with Crippen molar-refractivity contribution in [1.82, 2.24) is 0 Å². The highest BCUT2D eigenvalue weighted by molar-refractivity contribution is 5.12. The zero-order chi connectivity index (χ0) is 17.3. The second kappa shape index (κ2) is 5.71. The molecule has 2 heteroatoms. The van der Waals surface area contributed by atoms with Crippen molar-refractivity contribution in [2.75, 3.05) is 6.61 Å². The molecule has 0 N–H and O–H groups in total. The molecule has 4 fully saturated rings. The van der Waals surface area contributed by atoms with Gasteiger partial charge in [-0.15, -0.1) is 0 Å². The maximum absolute atomic E-state index is 6.75. The number of rotatable bonds is 1. The van der Waals surface area contributed by atoms with Crippen molar-refractivity contribution < 1.29 is 9.47 Å². The number of ether oxygens (including phenoxy) is 2. The fourth-order valence-corrected chi connectivity index (χ4v) is 7.47. The molecule has 4 aliphatic rings. The quantitative estimate of drug-likeness (QED) is 0.629. The van der Waals surface area contributed by atoms with Crippen LogP contribution in [0.2, 0.25) is 0 Å².